The minimum absolute atomic E-state index is 0.290. The molecule has 0 aliphatic carbocycles. The summed E-state index contributed by atoms with van der Waals surface area (Å²) in [4.78, 5) is 4.22. The topological polar surface area (TPSA) is 17.8 Å². The van der Waals surface area contributed by atoms with Crippen molar-refractivity contribution in [1.29, 1.82) is 0 Å². The van der Waals surface area contributed by atoms with Gasteiger partial charge in [-0.25, -0.2) is 4.98 Å². The van der Waals surface area contributed by atoms with Crippen LogP contribution in [0, 0.1) is 13.8 Å². The minimum atomic E-state index is 0.290. The van der Waals surface area contributed by atoms with E-state index >= 15 is 0 Å². The molecule has 2 unspecified atom stereocenters. The van der Waals surface area contributed by atoms with Crippen LogP contribution < -0.4 is 0 Å². The molecule has 1 aromatic heterocycles. The average Bonchev–Trinajstić information content (AvgIpc) is 3.17. The van der Waals surface area contributed by atoms with E-state index in [1.807, 2.05) is 12.5 Å². The van der Waals surface area contributed by atoms with E-state index in [9.17, 15) is 0 Å². The Kier molecular flexibility index (Phi) is 5.42. The van der Waals surface area contributed by atoms with Gasteiger partial charge in [0.1, 0.15) is 0 Å². The maximum Gasteiger partial charge on any atom is 0.0946 e. The summed E-state index contributed by atoms with van der Waals surface area (Å²) in [6.07, 6.45) is 9.60. The Labute approximate surface area is 148 Å². The Morgan fingerprint density at radius 2 is 2.22 bits per heavy atom. The highest BCUT2D eigenvalue weighted by molar-refractivity contribution is 8.21. The maximum absolute atomic E-state index is 4.22. The van der Waals surface area contributed by atoms with Crippen molar-refractivity contribution in [3.63, 3.8) is 0 Å². The number of aromatic nitrogens is 2. The Balaban J connectivity index is 1.73. The third-order valence-electron chi connectivity index (χ3n) is 4.63. The van der Waals surface area contributed by atoms with Crippen molar-refractivity contribution in [2.45, 2.75) is 55.9 Å². The third kappa shape index (κ3) is 4.16. The predicted octanol–water partition coefficient (Wildman–Crippen LogP) is 5.09. The maximum atomic E-state index is 4.22. The molecule has 1 saturated heterocycles. The molecule has 1 fully saturated rings. The van der Waals surface area contributed by atoms with E-state index in [2.05, 4.69) is 78.2 Å². The molecule has 1 aliphatic heterocycles. The lowest BCUT2D eigenvalue weighted by Crippen LogP contribution is -2.25. The number of aryl methyl sites for hydroxylation is 3. The van der Waals surface area contributed by atoms with Crippen molar-refractivity contribution in [3.05, 3.63) is 53.6 Å². The first kappa shape index (κ1) is 17.0. The van der Waals surface area contributed by atoms with Crippen molar-refractivity contribution in [2.75, 3.05) is 5.75 Å². The van der Waals surface area contributed by atoms with Gasteiger partial charge in [-0.05, 0) is 44.2 Å². The molecule has 3 rings (SSSR count). The summed E-state index contributed by atoms with van der Waals surface area (Å²) < 4.78 is 2.54. The summed E-state index contributed by atoms with van der Waals surface area (Å²) in [6.45, 7) is 7.79. The van der Waals surface area contributed by atoms with E-state index in [1.54, 1.807) is 0 Å². The van der Waals surface area contributed by atoms with E-state index in [4.69, 9.17) is 0 Å². The lowest BCUT2D eigenvalue weighted by molar-refractivity contribution is 0.591. The summed E-state index contributed by atoms with van der Waals surface area (Å²) in [5.41, 5.74) is 4.29. The Morgan fingerprint density at radius 1 is 1.35 bits per heavy atom. The van der Waals surface area contributed by atoms with Crippen LogP contribution in [0.25, 0.3) is 0 Å². The fourth-order valence-electron chi connectivity index (χ4n) is 3.22. The minimum Gasteiger partial charge on any atom is -0.335 e. The van der Waals surface area contributed by atoms with Gasteiger partial charge in [0, 0.05) is 29.9 Å². The fourth-order valence-corrected chi connectivity index (χ4v) is 7.01. The molecule has 23 heavy (non-hydrogen) atoms. The monoisotopic (exact) mass is 346 g/mol. The first-order valence-corrected chi connectivity index (χ1v) is 10.3. The molecule has 0 amide bonds. The van der Waals surface area contributed by atoms with Gasteiger partial charge in [0.15, 0.2) is 0 Å². The van der Waals surface area contributed by atoms with Gasteiger partial charge in [0.25, 0.3) is 0 Å². The second kappa shape index (κ2) is 7.35. The van der Waals surface area contributed by atoms with Crippen molar-refractivity contribution < 1.29 is 0 Å². The molecule has 124 valence electrons. The number of nitrogens with zero attached hydrogens (tertiary/aromatic N) is 2. The van der Waals surface area contributed by atoms with Gasteiger partial charge < -0.3 is 4.57 Å². The smallest absolute Gasteiger partial charge is 0.0946 e. The van der Waals surface area contributed by atoms with E-state index in [-0.39, 0.29) is 0 Å². The summed E-state index contributed by atoms with van der Waals surface area (Å²) >= 11 is 4.36. The van der Waals surface area contributed by atoms with Crippen LogP contribution >= 0.6 is 23.5 Å². The number of hydrogen-bond acceptors (Lipinski definition) is 3. The van der Waals surface area contributed by atoms with Crippen LogP contribution in [-0.4, -0.2) is 24.6 Å². The van der Waals surface area contributed by atoms with Crippen LogP contribution in [0.4, 0.5) is 0 Å². The van der Waals surface area contributed by atoms with Crippen LogP contribution in [0.3, 0.4) is 0 Å². The highest BCUT2D eigenvalue weighted by Crippen LogP contribution is 2.52. The van der Waals surface area contributed by atoms with E-state index < -0.39 is 0 Å². The van der Waals surface area contributed by atoms with Crippen molar-refractivity contribution >= 4 is 23.5 Å². The van der Waals surface area contributed by atoms with Gasteiger partial charge in [0.2, 0.25) is 0 Å². The average molecular weight is 347 g/mol. The highest BCUT2D eigenvalue weighted by atomic mass is 32.2. The number of benzene rings is 1. The number of imidazole rings is 1. The van der Waals surface area contributed by atoms with E-state index in [0.717, 1.165) is 18.2 Å². The molecule has 4 heteroatoms. The molecular weight excluding hydrogens is 320 g/mol. The molecule has 0 spiro atoms. The zero-order valence-corrected chi connectivity index (χ0v) is 15.9. The summed E-state index contributed by atoms with van der Waals surface area (Å²) in [7, 11) is 0. The van der Waals surface area contributed by atoms with Crippen LogP contribution in [-0.2, 0) is 13.0 Å². The zero-order valence-electron chi connectivity index (χ0n) is 14.3. The largest absolute Gasteiger partial charge is 0.335 e. The van der Waals surface area contributed by atoms with Gasteiger partial charge >= 0.3 is 0 Å². The number of thioether (sulfide) groups is 2. The Morgan fingerprint density at radius 3 is 2.87 bits per heavy atom. The molecule has 0 radical (unpaired) electrons. The molecular formula is C19H26N2S2. The van der Waals surface area contributed by atoms with Crippen molar-refractivity contribution in [1.82, 2.24) is 9.55 Å². The molecule has 0 saturated carbocycles. The van der Waals surface area contributed by atoms with Crippen LogP contribution in [0.1, 0.15) is 36.5 Å². The first-order valence-electron chi connectivity index (χ1n) is 8.44. The summed E-state index contributed by atoms with van der Waals surface area (Å²) in [5.74, 6) is 1.28. The van der Waals surface area contributed by atoms with Crippen LogP contribution in [0.2, 0.25) is 0 Å². The lowest BCUT2D eigenvalue weighted by atomic mass is 10.0. The second-order valence-corrected chi connectivity index (χ2v) is 9.88. The normalized spacial score (nSPS) is 24.2. The number of rotatable bonds is 6. The predicted molar refractivity (Wildman–Crippen MR) is 103 cm³/mol. The molecule has 2 aromatic rings. The number of hydrogen-bond donors (Lipinski definition) is 0. The fraction of sp³-hybridized carbons (Fsp3) is 0.526. The molecule has 1 aliphatic rings. The van der Waals surface area contributed by atoms with Gasteiger partial charge in [-0.3, -0.25) is 0 Å². The quantitative estimate of drug-likeness (QED) is 0.726. The van der Waals surface area contributed by atoms with Crippen LogP contribution in [0.5, 0.6) is 0 Å². The van der Waals surface area contributed by atoms with E-state index in [0.29, 0.717) is 4.08 Å². The summed E-state index contributed by atoms with van der Waals surface area (Å²) in [5, 5.41) is 0.794. The van der Waals surface area contributed by atoms with Gasteiger partial charge in [-0.2, -0.15) is 0 Å². The zero-order chi connectivity index (χ0) is 16.3. The van der Waals surface area contributed by atoms with E-state index in [1.165, 1.54) is 35.3 Å². The Bertz CT molecular complexity index is 639. The van der Waals surface area contributed by atoms with Gasteiger partial charge in [0.05, 0.1) is 10.4 Å². The molecule has 1 aromatic carbocycles. The highest BCUT2D eigenvalue weighted by Gasteiger charge is 2.40. The molecule has 2 atom stereocenters. The summed E-state index contributed by atoms with van der Waals surface area (Å²) in [6, 6.07) is 6.87. The standard InChI is InChI=1S/C19H26N2S2/c1-4-18-12-22-19(23-18,13-21-10-9-20-14-21)8-7-17-6-5-15(2)11-16(17)3/h5-6,9-11,14,18H,4,7-8,12-13H2,1-3H3. The molecule has 0 N–H and O–H groups in total. The molecule has 0 bridgehead atoms. The Hall–Kier alpha value is -0.870. The SMILES string of the molecule is CCC1CSC(CCc2ccc(C)cc2C)(Cn2ccnc2)S1. The molecule has 2 nitrogen and oxygen atoms in total. The van der Waals surface area contributed by atoms with Crippen molar-refractivity contribution in [3.8, 4) is 0 Å². The van der Waals surface area contributed by atoms with Crippen molar-refractivity contribution in [2.24, 2.45) is 0 Å². The van der Waals surface area contributed by atoms with Gasteiger partial charge in [-0.15, -0.1) is 23.5 Å². The lowest BCUT2D eigenvalue weighted by Gasteiger charge is -2.28. The third-order valence-corrected chi connectivity index (χ3v) is 8.50. The van der Waals surface area contributed by atoms with Gasteiger partial charge in [-0.1, -0.05) is 30.7 Å². The first-order chi connectivity index (χ1) is 11.1. The van der Waals surface area contributed by atoms with Crippen LogP contribution in [0.15, 0.2) is 36.9 Å². The molecule has 2 heterocycles. The second-order valence-electron chi connectivity index (χ2n) is 6.53.